The summed E-state index contributed by atoms with van der Waals surface area (Å²) < 4.78 is 5.43. The van der Waals surface area contributed by atoms with Gasteiger partial charge in [0.05, 0.1) is 13.2 Å². The topological polar surface area (TPSA) is 32.7 Å². The molecule has 1 atom stereocenters. The molecule has 2 rings (SSSR count). The van der Waals surface area contributed by atoms with Gasteiger partial charge in [0.15, 0.2) is 0 Å². The summed E-state index contributed by atoms with van der Waals surface area (Å²) in [7, 11) is 2.08. The number of anilines is 1. The van der Waals surface area contributed by atoms with Crippen LogP contribution in [0.25, 0.3) is 0 Å². The highest BCUT2D eigenvalue weighted by atomic mass is 16.5. The molecule has 1 aromatic rings. The Balaban J connectivity index is 2.11. The van der Waals surface area contributed by atoms with E-state index in [0.717, 1.165) is 19.6 Å². The second-order valence-electron chi connectivity index (χ2n) is 5.10. The molecular formula is C14H21NO2. The fraction of sp³-hybridized carbons (Fsp3) is 0.571. The molecule has 1 aliphatic heterocycles. The number of ether oxygens (including phenoxy) is 1. The van der Waals surface area contributed by atoms with Crippen molar-refractivity contribution in [2.45, 2.75) is 13.3 Å². The molecule has 3 heteroatoms. The maximum Gasteiger partial charge on any atom is 0.0562 e. The smallest absolute Gasteiger partial charge is 0.0562 e. The lowest BCUT2D eigenvalue weighted by atomic mass is 9.87. The van der Waals surface area contributed by atoms with E-state index in [-0.39, 0.29) is 12.0 Å². The minimum atomic E-state index is -0.0863. The molecule has 1 heterocycles. The van der Waals surface area contributed by atoms with Gasteiger partial charge in [0, 0.05) is 31.3 Å². The molecule has 0 amide bonds. The Hall–Kier alpha value is -1.06. The van der Waals surface area contributed by atoms with Gasteiger partial charge in [-0.15, -0.1) is 0 Å². The zero-order valence-electron chi connectivity index (χ0n) is 10.6. The van der Waals surface area contributed by atoms with Crippen molar-refractivity contribution in [3.63, 3.8) is 0 Å². The average molecular weight is 235 g/mol. The second-order valence-corrected chi connectivity index (χ2v) is 5.10. The van der Waals surface area contributed by atoms with Crippen molar-refractivity contribution in [2.75, 3.05) is 38.3 Å². The van der Waals surface area contributed by atoms with Crippen LogP contribution in [-0.2, 0) is 4.74 Å². The van der Waals surface area contributed by atoms with Crippen LogP contribution in [0, 0.1) is 12.3 Å². The second kappa shape index (κ2) is 5.07. The highest BCUT2D eigenvalue weighted by Gasteiger charge is 2.35. The van der Waals surface area contributed by atoms with Crippen LogP contribution in [0.15, 0.2) is 24.3 Å². The Morgan fingerprint density at radius 2 is 2.18 bits per heavy atom. The third-order valence-corrected chi connectivity index (χ3v) is 3.62. The number of benzene rings is 1. The van der Waals surface area contributed by atoms with E-state index < -0.39 is 0 Å². The summed E-state index contributed by atoms with van der Waals surface area (Å²) in [5, 5.41) is 9.57. The van der Waals surface area contributed by atoms with Gasteiger partial charge >= 0.3 is 0 Å². The minimum Gasteiger partial charge on any atom is -0.396 e. The van der Waals surface area contributed by atoms with Crippen LogP contribution >= 0.6 is 0 Å². The third-order valence-electron chi connectivity index (χ3n) is 3.62. The van der Waals surface area contributed by atoms with E-state index in [1.807, 2.05) is 6.07 Å². The van der Waals surface area contributed by atoms with Gasteiger partial charge in [0.25, 0.3) is 0 Å². The molecular weight excluding hydrogens is 214 g/mol. The molecule has 0 saturated carbocycles. The summed E-state index contributed by atoms with van der Waals surface area (Å²) in [4.78, 5) is 2.22. The van der Waals surface area contributed by atoms with Gasteiger partial charge in [-0.3, -0.25) is 0 Å². The first-order valence-corrected chi connectivity index (χ1v) is 6.12. The normalized spacial score (nSPS) is 23.9. The molecule has 0 aliphatic carbocycles. The van der Waals surface area contributed by atoms with Gasteiger partial charge in [-0.1, -0.05) is 18.2 Å². The van der Waals surface area contributed by atoms with Crippen LogP contribution in [0.5, 0.6) is 0 Å². The number of hydrogen-bond acceptors (Lipinski definition) is 3. The zero-order chi connectivity index (χ0) is 12.3. The molecule has 1 aliphatic rings. The number of para-hydroxylation sites is 1. The maximum atomic E-state index is 9.57. The van der Waals surface area contributed by atoms with Crippen molar-refractivity contribution in [3.05, 3.63) is 29.8 Å². The van der Waals surface area contributed by atoms with Gasteiger partial charge in [-0.25, -0.2) is 0 Å². The van der Waals surface area contributed by atoms with Gasteiger partial charge in [-0.2, -0.15) is 0 Å². The molecule has 0 spiro atoms. The number of aliphatic hydroxyl groups excluding tert-OH is 1. The molecule has 1 fully saturated rings. The standard InChI is InChI=1S/C14H21NO2/c1-12-5-3-4-6-13(12)15(2)9-14(10-16)7-8-17-11-14/h3-6,16H,7-11H2,1-2H3. The fourth-order valence-electron chi connectivity index (χ4n) is 2.53. The van der Waals surface area contributed by atoms with Gasteiger partial charge in [-0.05, 0) is 25.0 Å². The van der Waals surface area contributed by atoms with Crippen molar-refractivity contribution in [1.29, 1.82) is 0 Å². The zero-order valence-corrected chi connectivity index (χ0v) is 10.6. The SMILES string of the molecule is Cc1ccccc1N(C)CC1(CO)CCOC1. The molecule has 1 unspecified atom stereocenters. The summed E-state index contributed by atoms with van der Waals surface area (Å²) in [5.41, 5.74) is 2.41. The highest BCUT2D eigenvalue weighted by molar-refractivity contribution is 5.52. The lowest BCUT2D eigenvalue weighted by Gasteiger charge is -2.32. The quantitative estimate of drug-likeness (QED) is 0.864. The number of nitrogens with zero attached hydrogens (tertiary/aromatic N) is 1. The van der Waals surface area contributed by atoms with Crippen molar-refractivity contribution < 1.29 is 9.84 Å². The first-order valence-electron chi connectivity index (χ1n) is 6.12. The predicted octanol–water partition coefficient (Wildman–Crippen LogP) is 1.83. The molecule has 17 heavy (non-hydrogen) atoms. The van der Waals surface area contributed by atoms with Crippen LogP contribution in [0.3, 0.4) is 0 Å². The van der Waals surface area contributed by atoms with E-state index in [9.17, 15) is 5.11 Å². The average Bonchev–Trinajstić information content (AvgIpc) is 2.79. The first-order chi connectivity index (χ1) is 8.17. The molecule has 1 aromatic carbocycles. The van der Waals surface area contributed by atoms with Crippen LogP contribution < -0.4 is 4.90 Å². The highest BCUT2D eigenvalue weighted by Crippen LogP contribution is 2.31. The van der Waals surface area contributed by atoms with Crippen molar-refractivity contribution >= 4 is 5.69 Å². The Morgan fingerprint density at radius 1 is 1.41 bits per heavy atom. The molecule has 1 N–H and O–H groups in total. The largest absolute Gasteiger partial charge is 0.396 e. The van der Waals surface area contributed by atoms with Gasteiger partial charge in [0.2, 0.25) is 0 Å². The summed E-state index contributed by atoms with van der Waals surface area (Å²) in [5.74, 6) is 0. The van der Waals surface area contributed by atoms with Gasteiger partial charge in [0.1, 0.15) is 0 Å². The molecule has 0 aromatic heterocycles. The Labute approximate surface area is 103 Å². The first kappa shape index (κ1) is 12.4. The van der Waals surface area contributed by atoms with E-state index >= 15 is 0 Å². The summed E-state index contributed by atoms with van der Waals surface area (Å²) in [6, 6.07) is 8.33. The van der Waals surface area contributed by atoms with Crippen molar-refractivity contribution in [3.8, 4) is 0 Å². The Morgan fingerprint density at radius 3 is 2.76 bits per heavy atom. The lowest BCUT2D eigenvalue weighted by molar-refractivity contribution is 0.0986. The van der Waals surface area contributed by atoms with E-state index in [4.69, 9.17) is 4.74 Å². The summed E-state index contributed by atoms with van der Waals surface area (Å²) in [6.07, 6.45) is 0.944. The summed E-state index contributed by atoms with van der Waals surface area (Å²) in [6.45, 7) is 4.59. The minimum absolute atomic E-state index is 0.0863. The van der Waals surface area contributed by atoms with E-state index in [2.05, 4.69) is 37.1 Å². The molecule has 94 valence electrons. The molecule has 0 radical (unpaired) electrons. The summed E-state index contributed by atoms with van der Waals surface area (Å²) >= 11 is 0. The van der Waals surface area contributed by atoms with E-state index in [1.165, 1.54) is 11.3 Å². The van der Waals surface area contributed by atoms with E-state index in [0.29, 0.717) is 6.61 Å². The van der Waals surface area contributed by atoms with Crippen LogP contribution in [0.2, 0.25) is 0 Å². The fourth-order valence-corrected chi connectivity index (χ4v) is 2.53. The predicted molar refractivity (Wildman–Crippen MR) is 69.4 cm³/mol. The monoisotopic (exact) mass is 235 g/mol. The van der Waals surface area contributed by atoms with E-state index in [1.54, 1.807) is 0 Å². The van der Waals surface area contributed by atoms with Crippen molar-refractivity contribution in [1.82, 2.24) is 0 Å². The maximum absolute atomic E-state index is 9.57. The van der Waals surface area contributed by atoms with Crippen LogP contribution in [-0.4, -0.2) is 38.5 Å². The Bertz CT molecular complexity index is 372. The molecule has 3 nitrogen and oxygen atoms in total. The van der Waals surface area contributed by atoms with Crippen molar-refractivity contribution in [2.24, 2.45) is 5.41 Å². The number of aliphatic hydroxyl groups is 1. The van der Waals surface area contributed by atoms with Gasteiger partial charge < -0.3 is 14.7 Å². The molecule has 0 bridgehead atoms. The van der Waals surface area contributed by atoms with Crippen LogP contribution in [0.4, 0.5) is 5.69 Å². The lowest BCUT2D eigenvalue weighted by Crippen LogP contribution is -2.39. The number of hydrogen-bond donors (Lipinski definition) is 1. The van der Waals surface area contributed by atoms with Crippen LogP contribution in [0.1, 0.15) is 12.0 Å². The number of aryl methyl sites for hydroxylation is 1. The third kappa shape index (κ3) is 2.61. The molecule has 1 saturated heterocycles. The number of rotatable bonds is 4. The Kier molecular flexibility index (Phi) is 3.69.